The van der Waals surface area contributed by atoms with Crippen LogP contribution in [0.2, 0.25) is 0 Å². The molecule has 2 nitrogen and oxygen atoms in total. The number of benzene rings is 1. The van der Waals surface area contributed by atoms with E-state index in [1.165, 1.54) is 0 Å². The van der Waals surface area contributed by atoms with E-state index in [1.54, 1.807) is 7.05 Å². The highest BCUT2D eigenvalue weighted by atomic mass is 79.9. The summed E-state index contributed by atoms with van der Waals surface area (Å²) in [5.41, 5.74) is 0. The molecule has 0 saturated heterocycles. The van der Waals surface area contributed by atoms with E-state index >= 15 is 0 Å². The minimum Gasteiger partial charge on any atom is -0.359 e. The molecule has 0 spiro atoms. The van der Waals surface area contributed by atoms with Gasteiger partial charge in [-0.2, -0.15) is 0 Å². The van der Waals surface area contributed by atoms with Crippen LogP contribution in [-0.2, 0) is 4.79 Å². The lowest BCUT2D eigenvalue weighted by Gasteiger charge is -1.89. The Morgan fingerprint density at radius 1 is 1.36 bits per heavy atom. The topological polar surface area (TPSA) is 29.1 Å². The predicted octanol–water partition coefficient (Wildman–Crippen LogP) is 2.59. The molecule has 1 N–H and O–H groups in total. The van der Waals surface area contributed by atoms with Gasteiger partial charge in [0.1, 0.15) is 0 Å². The van der Waals surface area contributed by atoms with Gasteiger partial charge in [-0.05, 0) is 25.0 Å². The lowest BCUT2D eigenvalue weighted by molar-refractivity contribution is -0.121. The number of carbonyl (C=O) groups is 1. The highest BCUT2D eigenvalue weighted by Gasteiger charge is 2.28. The Kier molecular flexibility index (Phi) is 4.66. The van der Waals surface area contributed by atoms with Gasteiger partial charge in [-0.3, -0.25) is 4.79 Å². The molecule has 1 aliphatic carbocycles. The molecule has 0 unspecified atom stereocenters. The molecule has 1 amide bonds. The SMILES string of the molecule is Brc1ccccc1.CNC(=O)C1CC1. The first kappa shape index (κ1) is 11.2. The summed E-state index contributed by atoms with van der Waals surface area (Å²) in [7, 11) is 1.68. The van der Waals surface area contributed by atoms with Gasteiger partial charge in [0.2, 0.25) is 5.91 Å². The fraction of sp³-hybridized carbons (Fsp3) is 0.364. The minimum absolute atomic E-state index is 0.208. The molecule has 0 heterocycles. The van der Waals surface area contributed by atoms with E-state index in [0.29, 0.717) is 5.92 Å². The van der Waals surface area contributed by atoms with Crippen molar-refractivity contribution in [3.63, 3.8) is 0 Å². The van der Waals surface area contributed by atoms with E-state index in [0.717, 1.165) is 17.3 Å². The summed E-state index contributed by atoms with van der Waals surface area (Å²) >= 11 is 3.31. The van der Waals surface area contributed by atoms with Crippen LogP contribution in [0.15, 0.2) is 34.8 Å². The molecule has 3 heteroatoms. The molecule has 0 aliphatic heterocycles. The van der Waals surface area contributed by atoms with Crippen molar-refractivity contribution in [3.05, 3.63) is 34.8 Å². The van der Waals surface area contributed by atoms with Gasteiger partial charge in [-0.1, -0.05) is 34.1 Å². The van der Waals surface area contributed by atoms with E-state index in [1.807, 2.05) is 30.3 Å². The van der Waals surface area contributed by atoms with Gasteiger partial charge in [-0.15, -0.1) is 0 Å². The van der Waals surface area contributed by atoms with Crippen LogP contribution < -0.4 is 5.32 Å². The van der Waals surface area contributed by atoms with Crippen LogP contribution >= 0.6 is 15.9 Å². The number of rotatable bonds is 1. The summed E-state index contributed by atoms with van der Waals surface area (Å²) < 4.78 is 1.13. The van der Waals surface area contributed by atoms with E-state index in [2.05, 4.69) is 21.2 Å². The highest BCUT2D eigenvalue weighted by molar-refractivity contribution is 9.10. The van der Waals surface area contributed by atoms with Crippen LogP contribution in [0.5, 0.6) is 0 Å². The molecule has 0 aromatic heterocycles. The van der Waals surface area contributed by atoms with E-state index in [4.69, 9.17) is 0 Å². The average Bonchev–Trinajstić information content (AvgIpc) is 3.02. The van der Waals surface area contributed by atoms with Crippen LogP contribution in [-0.4, -0.2) is 13.0 Å². The number of halogens is 1. The van der Waals surface area contributed by atoms with Gasteiger partial charge >= 0.3 is 0 Å². The van der Waals surface area contributed by atoms with Crippen molar-refractivity contribution in [3.8, 4) is 0 Å². The smallest absolute Gasteiger partial charge is 0.222 e. The van der Waals surface area contributed by atoms with Crippen molar-refractivity contribution in [1.82, 2.24) is 5.32 Å². The second kappa shape index (κ2) is 5.81. The van der Waals surface area contributed by atoms with Crippen molar-refractivity contribution < 1.29 is 4.79 Å². The summed E-state index contributed by atoms with van der Waals surface area (Å²) in [5, 5.41) is 2.59. The highest BCUT2D eigenvalue weighted by Crippen LogP contribution is 2.28. The third kappa shape index (κ3) is 4.42. The Balaban J connectivity index is 0.000000140. The maximum Gasteiger partial charge on any atom is 0.222 e. The van der Waals surface area contributed by atoms with Gasteiger partial charge in [0.15, 0.2) is 0 Å². The molecule has 1 fully saturated rings. The quantitative estimate of drug-likeness (QED) is 0.822. The van der Waals surface area contributed by atoms with Crippen LogP contribution in [0, 0.1) is 5.92 Å². The monoisotopic (exact) mass is 255 g/mol. The van der Waals surface area contributed by atoms with E-state index < -0.39 is 0 Å². The predicted molar refractivity (Wildman–Crippen MR) is 60.9 cm³/mol. The van der Waals surface area contributed by atoms with Crippen molar-refractivity contribution in [2.24, 2.45) is 5.92 Å². The third-order valence-electron chi connectivity index (χ3n) is 1.93. The van der Waals surface area contributed by atoms with Gasteiger partial charge in [0.25, 0.3) is 0 Å². The first-order valence-electron chi connectivity index (χ1n) is 4.66. The Hall–Kier alpha value is -0.830. The summed E-state index contributed by atoms with van der Waals surface area (Å²) in [6, 6.07) is 9.97. The largest absolute Gasteiger partial charge is 0.359 e. The van der Waals surface area contributed by atoms with Crippen molar-refractivity contribution >= 4 is 21.8 Å². The first-order valence-corrected chi connectivity index (χ1v) is 5.45. The third-order valence-corrected chi connectivity index (χ3v) is 2.46. The molecule has 14 heavy (non-hydrogen) atoms. The Labute approximate surface area is 92.8 Å². The average molecular weight is 256 g/mol. The lowest BCUT2D eigenvalue weighted by atomic mass is 10.4. The molecule has 0 radical (unpaired) electrons. The summed E-state index contributed by atoms with van der Waals surface area (Å²) in [6.45, 7) is 0. The molecular formula is C11H14BrNO. The normalized spacial score (nSPS) is 13.9. The van der Waals surface area contributed by atoms with Gasteiger partial charge in [-0.25, -0.2) is 0 Å². The Bertz CT molecular complexity index is 283. The molecule has 0 bridgehead atoms. The maximum absolute atomic E-state index is 10.5. The number of hydrogen-bond donors (Lipinski definition) is 1. The zero-order chi connectivity index (χ0) is 10.4. The zero-order valence-corrected chi connectivity index (χ0v) is 9.75. The molecule has 1 aromatic rings. The molecule has 0 atom stereocenters. The van der Waals surface area contributed by atoms with Crippen LogP contribution in [0.1, 0.15) is 12.8 Å². The van der Waals surface area contributed by atoms with Crippen molar-refractivity contribution in [1.29, 1.82) is 0 Å². The second-order valence-electron chi connectivity index (χ2n) is 3.18. The Morgan fingerprint density at radius 2 is 1.93 bits per heavy atom. The second-order valence-corrected chi connectivity index (χ2v) is 4.10. The van der Waals surface area contributed by atoms with E-state index in [-0.39, 0.29) is 5.91 Å². The van der Waals surface area contributed by atoms with Crippen LogP contribution in [0.25, 0.3) is 0 Å². The fourth-order valence-corrected chi connectivity index (χ4v) is 1.27. The van der Waals surface area contributed by atoms with Crippen molar-refractivity contribution in [2.75, 3.05) is 7.05 Å². The molecule has 76 valence electrons. The lowest BCUT2D eigenvalue weighted by Crippen LogP contribution is -2.18. The fourth-order valence-electron chi connectivity index (χ4n) is 0.964. The van der Waals surface area contributed by atoms with E-state index in [9.17, 15) is 4.79 Å². The van der Waals surface area contributed by atoms with Gasteiger partial charge in [0.05, 0.1) is 0 Å². The Morgan fingerprint density at radius 3 is 2.14 bits per heavy atom. The number of nitrogens with one attached hydrogen (secondary N) is 1. The van der Waals surface area contributed by atoms with Crippen LogP contribution in [0.4, 0.5) is 0 Å². The standard InChI is InChI=1S/C6H5Br.C5H9NO/c7-6-4-2-1-3-5-6;1-6-5(7)4-2-3-4/h1-5H;4H,2-3H2,1H3,(H,6,7). The van der Waals surface area contributed by atoms with Crippen molar-refractivity contribution in [2.45, 2.75) is 12.8 Å². The van der Waals surface area contributed by atoms with Gasteiger partial charge < -0.3 is 5.32 Å². The summed E-state index contributed by atoms with van der Waals surface area (Å²) in [4.78, 5) is 10.5. The molecule has 1 aromatic carbocycles. The molecule has 1 saturated carbocycles. The molecular weight excluding hydrogens is 242 g/mol. The summed E-state index contributed by atoms with van der Waals surface area (Å²) in [6.07, 6.45) is 2.19. The number of amides is 1. The zero-order valence-electron chi connectivity index (χ0n) is 8.16. The summed E-state index contributed by atoms with van der Waals surface area (Å²) in [5.74, 6) is 0.574. The first-order chi connectivity index (χ1) is 6.74. The molecule has 2 rings (SSSR count). The van der Waals surface area contributed by atoms with Gasteiger partial charge in [0, 0.05) is 17.4 Å². The number of hydrogen-bond acceptors (Lipinski definition) is 1. The van der Waals surface area contributed by atoms with Crippen LogP contribution in [0.3, 0.4) is 0 Å². The number of carbonyl (C=O) groups excluding carboxylic acids is 1. The maximum atomic E-state index is 10.5. The molecule has 1 aliphatic rings. The minimum atomic E-state index is 0.208.